The maximum atomic E-state index is 6.40. The van der Waals surface area contributed by atoms with Crippen LogP contribution in [-0.4, -0.2) is 50.9 Å². The molecule has 5 aromatic rings. The van der Waals surface area contributed by atoms with E-state index in [9.17, 15) is 0 Å². The van der Waals surface area contributed by atoms with Crippen LogP contribution in [0.25, 0.3) is 32.9 Å². The first-order valence-electron chi connectivity index (χ1n) is 13.6. The molecular weight excluding hydrogens is 601 g/mol. The van der Waals surface area contributed by atoms with Gasteiger partial charge in [0.25, 0.3) is 0 Å². The van der Waals surface area contributed by atoms with Crippen molar-refractivity contribution in [1.82, 2.24) is 19.5 Å². The average Bonchev–Trinajstić information content (AvgIpc) is 3.24. The maximum Gasteiger partial charge on any atom is 0.213 e. The van der Waals surface area contributed by atoms with Crippen LogP contribution in [0.1, 0.15) is 25.7 Å². The summed E-state index contributed by atoms with van der Waals surface area (Å²) < 4.78 is 15.8. The molecule has 7 rings (SSSR count). The van der Waals surface area contributed by atoms with Gasteiger partial charge in [-0.05, 0) is 71.3 Å². The number of aromatic nitrogens is 4. The molecule has 0 N–H and O–H groups in total. The monoisotopic (exact) mass is 631 g/mol. The van der Waals surface area contributed by atoms with Crippen LogP contribution in [-0.2, 0) is 11.8 Å². The predicted octanol–water partition coefficient (Wildman–Crippen LogP) is 6.38. The van der Waals surface area contributed by atoms with Gasteiger partial charge < -0.3 is 18.9 Å². The number of rotatable bonds is 6. The fourth-order valence-corrected chi connectivity index (χ4v) is 6.34. The first-order chi connectivity index (χ1) is 19.1. The molecule has 1 aliphatic carbocycles. The lowest BCUT2D eigenvalue weighted by molar-refractivity contribution is -0.102. The molecule has 1 saturated carbocycles. The predicted molar refractivity (Wildman–Crippen MR) is 162 cm³/mol. The summed E-state index contributed by atoms with van der Waals surface area (Å²) in [5.41, 5.74) is 5.86. The van der Waals surface area contributed by atoms with Gasteiger partial charge in [-0.25, -0.2) is 4.98 Å². The molecule has 1 saturated heterocycles. The van der Waals surface area contributed by atoms with Crippen molar-refractivity contribution in [2.45, 2.75) is 44.0 Å². The SMILES string of the molecule is Cn1c2ccncc2c2ccc(-c3ccc(O[C@H]4C[C@H](OC5CCN(c6ccnc(I)c6)CC5)C4)nc3)cc21. The van der Waals surface area contributed by atoms with Crippen molar-refractivity contribution in [3.63, 3.8) is 0 Å². The number of piperidine rings is 1. The van der Waals surface area contributed by atoms with Crippen molar-refractivity contribution in [1.29, 1.82) is 0 Å². The quantitative estimate of drug-likeness (QED) is 0.160. The van der Waals surface area contributed by atoms with Crippen LogP contribution in [0.4, 0.5) is 5.69 Å². The number of nitrogens with zero attached hydrogens (tertiary/aromatic N) is 5. The largest absolute Gasteiger partial charge is 0.474 e. The van der Waals surface area contributed by atoms with Gasteiger partial charge >= 0.3 is 0 Å². The van der Waals surface area contributed by atoms with E-state index < -0.39 is 0 Å². The summed E-state index contributed by atoms with van der Waals surface area (Å²) in [6.45, 7) is 2.05. The van der Waals surface area contributed by atoms with Crippen LogP contribution in [0.5, 0.6) is 5.88 Å². The summed E-state index contributed by atoms with van der Waals surface area (Å²) in [5, 5.41) is 2.39. The molecule has 0 bridgehead atoms. The molecule has 4 aromatic heterocycles. The fraction of sp³-hybridized carbons (Fsp3) is 0.323. The Kier molecular flexibility index (Phi) is 6.60. The molecule has 0 radical (unpaired) electrons. The molecule has 1 aromatic carbocycles. The second kappa shape index (κ2) is 10.4. The van der Waals surface area contributed by atoms with Crippen LogP contribution in [0.15, 0.2) is 73.3 Å². The molecule has 5 heterocycles. The maximum absolute atomic E-state index is 6.40. The van der Waals surface area contributed by atoms with Crippen molar-refractivity contribution in [2.75, 3.05) is 18.0 Å². The van der Waals surface area contributed by atoms with Crippen LogP contribution < -0.4 is 9.64 Å². The van der Waals surface area contributed by atoms with Crippen molar-refractivity contribution >= 4 is 50.1 Å². The Hall–Kier alpha value is -3.24. The number of aryl methyl sites for hydroxylation is 1. The zero-order valence-electron chi connectivity index (χ0n) is 21.8. The van der Waals surface area contributed by atoms with Crippen LogP contribution in [0.2, 0.25) is 0 Å². The Morgan fingerprint density at radius 1 is 0.795 bits per heavy atom. The van der Waals surface area contributed by atoms with Crippen LogP contribution >= 0.6 is 22.6 Å². The van der Waals surface area contributed by atoms with Gasteiger partial charge in [0.1, 0.15) is 9.80 Å². The number of anilines is 1. The smallest absolute Gasteiger partial charge is 0.213 e. The Balaban J connectivity index is 0.918. The Morgan fingerprint density at radius 2 is 1.64 bits per heavy atom. The summed E-state index contributed by atoms with van der Waals surface area (Å²) in [7, 11) is 2.10. The summed E-state index contributed by atoms with van der Waals surface area (Å²) in [6.07, 6.45) is 12.4. The standard InChI is InChI=1S/C31H30IN5O2/c1-36-28-7-10-33-19-27(28)26-4-2-20(14-29(26)36)21-3-5-31(35-18-21)39-25-16-24(17-25)38-23-8-12-37(13-9-23)22-6-11-34-30(32)15-22/h2-7,10-11,14-15,18-19,23-25H,8-9,12-13,16-17H2,1H3/t24-,25-. The third-order valence-corrected chi connectivity index (χ3v) is 8.71. The fourth-order valence-electron chi connectivity index (χ4n) is 5.86. The van der Waals surface area contributed by atoms with Crippen molar-refractivity contribution in [3.05, 3.63) is 77.0 Å². The van der Waals surface area contributed by atoms with E-state index in [1.54, 1.807) is 0 Å². The third-order valence-electron chi connectivity index (χ3n) is 8.12. The first-order valence-corrected chi connectivity index (χ1v) is 14.7. The zero-order chi connectivity index (χ0) is 26.3. The Bertz CT molecular complexity index is 1620. The van der Waals surface area contributed by atoms with Gasteiger partial charge in [-0.1, -0.05) is 12.1 Å². The minimum absolute atomic E-state index is 0.174. The molecule has 0 atom stereocenters. The summed E-state index contributed by atoms with van der Waals surface area (Å²) >= 11 is 2.27. The molecule has 1 aliphatic heterocycles. The van der Waals surface area contributed by atoms with Gasteiger partial charge in [-0.2, -0.15) is 0 Å². The lowest BCUT2D eigenvalue weighted by Crippen LogP contribution is -2.44. The van der Waals surface area contributed by atoms with Gasteiger partial charge in [-0.3, -0.25) is 9.97 Å². The van der Waals surface area contributed by atoms with Gasteiger partial charge in [-0.15, -0.1) is 0 Å². The van der Waals surface area contributed by atoms with Crippen molar-refractivity contribution in [2.24, 2.45) is 7.05 Å². The number of hydrogen-bond acceptors (Lipinski definition) is 6. The Labute approximate surface area is 241 Å². The van der Waals surface area contributed by atoms with Gasteiger partial charge in [0, 0.05) is 91.4 Å². The summed E-state index contributed by atoms with van der Waals surface area (Å²) in [6, 6.07) is 16.9. The lowest BCUT2D eigenvalue weighted by Gasteiger charge is -2.40. The van der Waals surface area contributed by atoms with Crippen LogP contribution in [0, 0.1) is 3.70 Å². The number of hydrogen-bond donors (Lipinski definition) is 0. The van der Waals surface area contributed by atoms with Gasteiger partial charge in [0.2, 0.25) is 5.88 Å². The zero-order valence-corrected chi connectivity index (χ0v) is 24.0. The van der Waals surface area contributed by atoms with E-state index in [1.165, 1.54) is 27.5 Å². The number of fused-ring (bicyclic) bond motifs is 3. The van der Waals surface area contributed by atoms with E-state index in [0.717, 1.165) is 53.6 Å². The highest BCUT2D eigenvalue weighted by molar-refractivity contribution is 14.1. The molecule has 7 nitrogen and oxygen atoms in total. The normalized spacial score (nSPS) is 19.9. The molecule has 0 amide bonds. The molecular formula is C31H30IN5O2. The molecule has 2 fully saturated rings. The van der Waals surface area contributed by atoms with Gasteiger partial charge in [0.05, 0.1) is 17.7 Å². The van der Waals surface area contributed by atoms with E-state index in [0.29, 0.717) is 12.0 Å². The Morgan fingerprint density at radius 3 is 2.44 bits per heavy atom. The number of pyridine rings is 3. The van der Waals surface area contributed by atoms with Crippen LogP contribution in [0.3, 0.4) is 0 Å². The summed E-state index contributed by atoms with van der Waals surface area (Å²) in [4.78, 5) is 15.7. The minimum Gasteiger partial charge on any atom is -0.474 e. The van der Waals surface area contributed by atoms with Crippen molar-refractivity contribution in [3.8, 4) is 17.0 Å². The lowest BCUT2D eigenvalue weighted by atomic mass is 9.91. The topological polar surface area (TPSA) is 65.3 Å². The highest BCUT2D eigenvalue weighted by Crippen LogP contribution is 2.33. The highest BCUT2D eigenvalue weighted by Gasteiger charge is 2.34. The van der Waals surface area contributed by atoms with E-state index in [-0.39, 0.29) is 12.2 Å². The number of benzene rings is 1. The van der Waals surface area contributed by atoms with Crippen molar-refractivity contribution < 1.29 is 9.47 Å². The first kappa shape index (κ1) is 24.8. The second-order valence-electron chi connectivity index (χ2n) is 10.6. The number of ether oxygens (including phenoxy) is 2. The molecule has 2 aliphatic rings. The molecule has 0 spiro atoms. The number of halogens is 1. The minimum atomic E-state index is 0.174. The molecule has 8 heteroatoms. The second-order valence-corrected chi connectivity index (χ2v) is 11.7. The van der Waals surface area contributed by atoms with E-state index in [1.807, 2.05) is 30.9 Å². The summed E-state index contributed by atoms with van der Waals surface area (Å²) in [5.74, 6) is 0.680. The molecule has 39 heavy (non-hydrogen) atoms. The van der Waals surface area contributed by atoms with E-state index >= 15 is 0 Å². The molecule has 198 valence electrons. The highest BCUT2D eigenvalue weighted by atomic mass is 127. The van der Waals surface area contributed by atoms with Gasteiger partial charge in [0.15, 0.2) is 0 Å². The molecule has 0 unspecified atom stereocenters. The van der Waals surface area contributed by atoms with E-state index in [2.05, 4.69) is 96.5 Å². The van der Waals surface area contributed by atoms with E-state index in [4.69, 9.17) is 9.47 Å². The third kappa shape index (κ3) is 4.96. The average molecular weight is 632 g/mol.